The zero-order valence-corrected chi connectivity index (χ0v) is 18.1. The number of carbonyl (C=O) groups is 3. The lowest BCUT2D eigenvalue weighted by atomic mass is 10.0. The van der Waals surface area contributed by atoms with Crippen LogP contribution >= 0.6 is 0 Å². The molecular formula is C21H32N6O3. The van der Waals surface area contributed by atoms with Crippen LogP contribution < -0.4 is 10.6 Å². The molecule has 2 N–H and O–H groups in total. The normalized spacial score (nSPS) is 22.7. The first kappa shape index (κ1) is 22.0. The van der Waals surface area contributed by atoms with Crippen molar-refractivity contribution in [2.75, 3.05) is 46.8 Å². The number of rotatable bonds is 6. The van der Waals surface area contributed by atoms with Crippen LogP contribution in [-0.2, 0) is 16.1 Å². The van der Waals surface area contributed by atoms with Crippen LogP contribution in [0.5, 0.6) is 0 Å². The molecule has 0 unspecified atom stereocenters. The van der Waals surface area contributed by atoms with Gasteiger partial charge in [0.05, 0.1) is 5.92 Å². The SMILES string of the molecule is Cc1cnccc1CNC(=O)[C@@H]1CC[C@H](NC(=O)CN2CCN(C)C2=O)CN(C)C1. The van der Waals surface area contributed by atoms with Crippen molar-refractivity contribution >= 4 is 17.8 Å². The largest absolute Gasteiger partial charge is 0.352 e. The Morgan fingerprint density at radius 1 is 1.20 bits per heavy atom. The van der Waals surface area contributed by atoms with Gasteiger partial charge in [0.25, 0.3) is 0 Å². The third kappa shape index (κ3) is 5.69. The number of pyridine rings is 1. The Balaban J connectivity index is 1.47. The standard InChI is InChI=1S/C21H32N6O3/c1-15-10-22-7-6-16(15)11-23-20(29)17-4-5-18(13-25(2)12-17)24-19(28)14-27-9-8-26(3)21(27)30/h6-7,10,17-18H,4-5,8-9,11-14H2,1-3H3,(H,23,29)(H,24,28)/t17-,18+/m1/s1. The molecule has 164 valence electrons. The topological polar surface area (TPSA) is 97.9 Å². The maximum Gasteiger partial charge on any atom is 0.320 e. The molecule has 0 spiro atoms. The summed E-state index contributed by atoms with van der Waals surface area (Å²) in [5.41, 5.74) is 2.12. The molecular weight excluding hydrogens is 384 g/mol. The summed E-state index contributed by atoms with van der Waals surface area (Å²) in [5, 5.41) is 6.09. The summed E-state index contributed by atoms with van der Waals surface area (Å²) in [6.07, 6.45) is 4.97. The highest BCUT2D eigenvalue weighted by molar-refractivity contribution is 5.85. The summed E-state index contributed by atoms with van der Waals surface area (Å²) in [6, 6.07) is 1.78. The molecule has 4 amide bonds. The molecule has 30 heavy (non-hydrogen) atoms. The van der Waals surface area contributed by atoms with Crippen molar-refractivity contribution in [1.29, 1.82) is 0 Å². The van der Waals surface area contributed by atoms with Crippen LogP contribution in [0, 0.1) is 12.8 Å². The first-order valence-corrected chi connectivity index (χ1v) is 10.5. The van der Waals surface area contributed by atoms with Gasteiger partial charge in [-0.2, -0.15) is 0 Å². The molecule has 2 aliphatic heterocycles. The molecule has 0 aromatic carbocycles. The Morgan fingerprint density at radius 2 is 2.00 bits per heavy atom. The van der Waals surface area contributed by atoms with Gasteiger partial charge in [0, 0.05) is 58.2 Å². The van der Waals surface area contributed by atoms with Crippen molar-refractivity contribution in [1.82, 2.24) is 30.3 Å². The first-order chi connectivity index (χ1) is 14.3. The van der Waals surface area contributed by atoms with Gasteiger partial charge in [0.1, 0.15) is 6.54 Å². The fraction of sp³-hybridized carbons (Fsp3) is 0.619. The zero-order valence-electron chi connectivity index (χ0n) is 18.1. The highest BCUT2D eigenvalue weighted by Crippen LogP contribution is 2.17. The van der Waals surface area contributed by atoms with E-state index in [1.54, 1.807) is 29.2 Å². The van der Waals surface area contributed by atoms with Gasteiger partial charge in [0.15, 0.2) is 0 Å². The third-order valence-corrected chi connectivity index (χ3v) is 5.89. The quantitative estimate of drug-likeness (QED) is 0.691. The van der Waals surface area contributed by atoms with E-state index in [9.17, 15) is 14.4 Å². The lowest BCUT2D eigenvalue weighted by Gasteiger charge is -2.23. The number of amides is 4. The number of aromatic nitrogens is 1. The Kier molecular flexibility index (Phi) is 7.25. The molecule has 2 aliphatic rings. The molecule has 2 fully saturated rings. The smallest absolute Gasteiger partial charge is 0.320 e. The molecule has 0 bridgehead atoms. The minimum Gasteiger partial charge on any atom is -0.352 e. The van der Waals surface area contributed by atoms with E-state index >= 15 is 0 Å². The van der Waals surface area contributed by atoms with Gasteiger partial charge in [-0.3, -0.25) is 14.6 Å². The number of aryl methyl sites for hydroxylation is 1. The lowest BCUT2D eigenvalue weighted by Crippen LogP contribution is -2.46. The number of likely N-dealkylation sites (tertiary alicyclic amines) is 1. The van der Waals surface area contributed by atoms with Gasteiger partial charge in [-0.1, -0.05) is 0 Å². The predicted molar refractivity (Wildman–Crippen MR) is 113 cm³/mol. The molecule has 2 saturated heterocycles. The van der Waals surface area contributed by atoms with Gasteiger partial charge in [0.2, 0.25) is 11.8 Å². The number of nitrogens with one attached hydrogen (secondary N) is 2. The maximum absolute atomic E-state index is 12.7. The molecule has 1 aromatic heterocycles. The molecule has 3 rings (SSSR count). The van der Waals surface area contributed by atoms with Crippen molar-refractivity contribution in [3.05, 3.63) is 29.6 Å². The second-order valence-electron chi connectivity index (χ2n) is 8.41. The molecule has 1 aromatic rings. The fourth-order valence-electron chi connectivity index (χ4n) is 4.07. The van der Waals surface area contributed by atoms with E-state index in [1.165, 1.54) is 0 Å². The summed E-state index contributed by atoms with van der Waals surface area (Å²) in [6.45, 7) is 5.12. The summed E-state index contributed by atoms with van der Waals surface area (Å²) >= 11 is 0. The minimum absolute atomic E-state index is 0.0295. The number of carbonyl (C=O) groups excluding carboxylic acids is 3. The van der Waals surface area contributed by atoms with Crippen LogP contribution in [0.1, 0.15) is 24.0 Å². The number of likely N-dealkylation sites (N-methyl/N-ethyl adjacent to an activating group) is 2. The number of hydrogen-bond acceptors (Lipinski definition) is 5. The summed E-state index contributed by atoms with van der Waals surface area (Å²) in [7, 11) is 3.71. The molecule has 9 heteroatoms. The molecule has 0 saturated carbocycles. The summed E-state index contributed by atoms with van der Waals surface area (Å²) < 4.78 is 0. The third-order valence-electron chi connectivity index (χ3n) is 5.89. The van der Waals surface area contributed by atoms with E-state index in [0.29, 0.717) is 39.1 Å². The van der Waals surface area contributed by atoms with E-state index in [-0.39, 0.29) is 36.3 Å². The summed E-state index contributed by atoms with van der Waals surface area (Å²) in [5.74, 6) is -0.225. The molecule has 0 radical (unpaired) electrons. The number of nitrogens with zero attached hydrogens (tertiary/aromatic N) is 4. The average Bonchev–Trinajstić information content (AvgIpc) is 2.90. The Bertz CT molecular complexity index is 786. The van der Waals surface area contributed by atoms with Crippen LogP contribution in [0.25, 0.3) is 0 Å². The van der Waals surface area contributed by atoms with Crippen molar-refractivity contribution in [3.8, 4) is 0 Å². The summed E-state index contributed by atoms with van der Waals surface area (Å²) in [4.78, 5) is 46.4. The van der Waals surface area contributed by atoms with E-state index in [1.807, 2.05) is 20.0 Å². The number of urea groups is 1. The van der Waals surface area contributed by atoms with E-state index in [4.69, 9.17) is 0 Å². The van der Waals surface area contributed by atoms with Gasteiger partial charge in [-0.05, 0) is 44.0 Å². The monoisotopic (exact) mass is 416 g/mol. The zero-order chi connectivity index (χ0) is 21.7. The van der Waals surface area contributed by atoms with Gasteiger partial charge in [-0.15, -0.1) is 0 Å². The van der Waals surface area contributed by atoms with Crippen LogP contribution in [0.3, 0.4) is 0 Å². The van der Waals surface area contributed by atoms with E-state index in [0.717, 1.165) is 17.5 Å². The number of hydrogen-bond donors (Lipinski definition) is 2. The second-order valence-corrected chi connectivity index (χ2v) is 8.41. The van der Waals surface area contributed by atoms with Crippen LogP contribution in [0.2, 0.25) is 0 Å². The predicted octanol–water partition coefficient (Wildman–Crippen LogP) is 0.200. The average molecular weight is 417 g/mol. The van der Waals surface area contributed by atoms with Crippen molar-refractivity contribution in [2.45, 2.75) is 32.4 Å². The highest BCUT2D eigenvalue weighted by atomic mass is 16.2. The Morgan fingerprint density at radius 3 is 2.70 bits per heavy atom. The van der Waals surface area contributed by atoms with Crippen LogP contribution in [0.4, 0.5) is 4.79 Å². The molecule has 0 aliphatic carbocycles. The fourth-order valence-corrected chi connectivity index (χ4v) is 4.07. The minimum atomic E-state index is -0.145. The van der Waals surface area contributed by atoms with Crippen molar-refractivity contribution in [2.24, 2.45) is 5.92 Å². The van der Waals surface area contributed by atoms with E-state index in [2.05, 4.69) is 20.5 Å². The Labute approximate surface area is 177 Å². The molecule has 2 atom stereocenters. The van der Waals surface area contributed by atoms with Gasteiger partial charge >= 0.3 is 6.03 Å². The second kappa shape index (κ2) is 9.88. The highest BCUT2D eigenvalue weighted by Gasteiger charge is 2.30. The van der Waals surface area contributed by atoms with Crippen molar-refractivity contribution < 1.29 is 14.4 Å². The Hall–Kier alpha value is -2.68. The maximum atomic E-state index is 12.7. The van der Waals surface area contributed by atoms with Gasteiger partial charge in [-0.25, -0.2) is 4.79 Å². The van der Waals surface area contributed by atoms with Gasteiger partial charge < -0.3 is 25.3 Å². The molecule has 9 nitrogen and oxygen atoms in total. The van der Waals surface area contributed by atoms with Crippen LogP contribution in [0.15, 0.2) is 18.5 Å². The molecule has 3 heterocycles. The lowest BCUT2D eigenvalue weighted by molar-refractivity contribution is -0.125. The van der Waals surface area contributed by atoms with Crippen molar-refractivity contribution in [3.63, 3.8) is 0 Å². The first-order valence-electron chi connectivity index (χ1n) is 10.5. The van der Waals surface area contributed by atoms with Crippen LogP contribution in [-0.4, -0.2) is 90.4 Å². The van der Waals surface area contributed by atoms with E-state index < -0.39 is 0 Å².